The lowest BCUT2D eigenvalue weighted by Crippen LogP contribution is -2.36. The Labute approximate surface area is 117 Å². The number of nitro benzene ring substituents is 1. The van der Waals surface area contributed by atoms with E-state index in [0.717, 1.165) is 0 Å². The number of nitrogen functional groups attached to an aromatic ring is 1. The molecular formula is C13H20N4O3. The Hall–Kier alpha value is -2.15. The Kier molecular flexibility index (Phi) is 5.45. The summed E-state index contributed by atoms with van der Waals surface area (Å²) in [5.41, 5.74) is 5.18. The van der Waals surface area contributed by atoms with Crippen molar-refractivity contribution in [1.29, 1.82) is 0 Å². The van der Waals surface area contributed by atoms with Gasteiger partial charge in [-0.25, -0.2) is 0 Å². The molecule has 0 heterocycles. The number of nitrogens with zero attached hydrogens (tertiary/aromatic N) is 2. The van der Waals surface area contributed by atoms with Crippen molar-refractivity contribution in [3.05, 3.63) is 33.9 Å². The molecular weight excluding hydrogens is 260 g/mol. The number of carbonyl (C=O) groups excluding carboxylic acids is 1. The molecule has 1 amide bonds. The zero-order chi connectivity index (χ0) is 15.3. The van der Waals surface area contributed by atoms with Gasteiger partial charge in [-0.05, 0) is 33.0 Å². The Bertz CT molecular complexity index is 502. The fourth-order valence-corrected chi connectivity index (χ4v) is 1.65. The van der Waals surface area contributed by atoms with Crippen molar-refractivity contribution >= 4 is 17.3 Å². The van der Waals surface area contributed by atoms with E-state index in [1.54, 1.807) is 0 Å². The average molecular weight is 280 g/mol. The van der Waals surface area contributed by atoms with E-state index in [2.05, 4.69) is 10.2 Å². The number of nitro groups is 1. The molecule has 0 saturated carbocycles. The molecule has 110 valence electrons. The molecule has 20 heavy (non-hydrogen) atoms. The number of hydrogen-bond acceptors (Lipinski definition) is 5. The third kappa shape index (κ3) is 3.92. The number of benzene rings is 1. The first kappa shape index (κ1) is 15.9. The van der Waals surface area contributed by atoms with E-state index in [1.807, 2.05) is 20.9 Å². The van der Waals surface area contributed by atoms with Crippen LogP contribution in [0.2, 0.25) is 0 Å². The third-order valence-electron chi connectivity index (χ3n) is 3.13. The molecule has 1 aromatic carbocycles. The molecule has 3 N–H and O–H groups in total. The number of likely N-dealkylation sites (N-methyl/N-ethyl adjacent to an activating group) is 1. The van der Waals surface area contributed by atoms with E-state index in [-0.39, 0.29) is 16.9 Å². The molecule has 0 fully saturated rings. The minimum Gasteiger partial charge on any atom is -0.393 e. The summed E-state index contributed by atoms with van der Waals surface area (Å²) >= 11 is 0. The maximum atomic E-state index is 12.0. The minimum absolute atomic E-state index is 0.0119. The number of nitrogens with two attached hydrogens (primary N) is 1. The number of para-hydroxylation sites is 1. The van der Waals surface area contributed by atoms with Crippen LogP contribution < -0.4 is 11.1 Å². The molecule has 0 atom stereocenters. The lowest BCUT2D eigenvalue weighted by Gasteiger charge is -2.20. The zero-order valence-corrected chi connectivity index (χ0v) is 11.9. The first-order chi connectivity index (χ1) is 9.34. The summed E-state index contributed by atoms with van der Waals surface area (Å²) in [4.78, 5) is 24.4. The minimum atomic E-state index is -0.634. The second-order valence-corrected chi connectivity index (χ2v) is 4.83. The quantitative estimate of drug-likeness (QED) is 0.464. The van der Waals surface area contributed by atoms with Gasteiger partial charge in [0.1, 0.15) is 11.3 Å². The van der Waals surface area contributed by atoms with Crippen LogP contribution in [-0.2, 0) is 0 Å². The van der Waals surface area contributed by atoms with Gasteiger partial charge in [0.15, 0.2) is 0 Å². The monoisotopic (exact) mass is 280 g/mol. The van der Waals surface area contributed by atoms with Crippen molar-refractivity contribution in [1.82, 2.24) is 10.2 Å². The molecule has 0 unspecified atom stereocenters. The van der Waals surface area contributed by atoms with Gasteiger partial charge in [-0.3, -0.25) is 14.9 Å². The number of carbonyl (C=O) groups is 1. The molecule has 0 aromatic heterocycles. The summed E-state index contributed by atoms with van der Waals surface area (Å²) in [6.45, 7) is 5.17. The second kappa shape index (κ2) is 6.85. The highest BCUT2D eigenvalue weighted by Gasteiger charge is 2.22. The Morgan fingerprint density at radius 2 is 2.15 bits per heavy atom. The molecule has 0 aliphatic rings. The Morgan fingerprint density at radius 1 is 1.50 bits per heavy atom. The first-order valence-electron chi connectivity index (χ1n) is 6.36. The van der Waals surface area contributed by atoms with Crippen molar-refractivity contribution in [3.63, 3.8) is 0 Å². The highest BCUT2D eigenvalue weighted by Crippen LogP contribution is 2.25. The van der Waals surface area contributed by atoms with Crippen molar-refractivity contribution < 1.29 is 9.72 Å². The van der Waals surface area contributed by atoms with Crippen molar-refractivity contribution in [2.24, 2.45) is 0 Å². The summed E-state index contributed by atoms with van der Waals surface area (Å²) < 4.78 is 0. The number of hydrogen-bond donors (Lipinski definition) is 2. The number of nitrogens with one attached hydrogen (secondary N) is 1. The topological polar surface area (TPSA) is 102 Å². The molecule has 0 spiro atoms. The Morgan fingerprint density at radius 3 is 2.70 bits per heavy atom. The summed E-state index contributed by atoms with van der Waals surface area (Å²) in [6, 6.07) is 4.70. The van der Waals surface area contributed by atoms with E-state index in [0.29, 0.717) is 19.1 Å². The van der Waals surface area contributed by atoms with E-state index in [4.69, 9.17) is 5.73 Å². The van der Waals surface area contributed by atoms with Crippen LogP contribution >= 0.6 is 0 Å². The highest BCUT2D eigenvalue weighted by molar-refractivity contribution is 6.00. The van der Waals surface area contributed by atoms with Crippen LogP contribution in [0.15, 0.2) is 18.2 Å². The fraction of sp³-hybridized carbons (Fsp3) is 0.462. The van der Waals surface area contributed by atoms with E-state index >= 15 is 0 Å². The molecule has 0 aliphatic carbocycles. The van der Waals surface area contributed by atoms with Crippen LogP contribution in [0.4, 0.5) is 11.4 Å². The van der Waals surface area contributed by atoms with Crippen molar-refractivity contribution in [2.75, 3.05) is 25.9 Å². The van der Waals surface area contributed by atoms with E-state index < -0.39 is 10.8 Å². The van der Waals surface area contributed by atoms with Gasteiger partial charge < -0.3 is 16.0 Å². The molecule has 1 rings (SSSR count). The Balaban J connectivity index is 2.74. The van der Waals surface area contributed by atoms with Gasteiger partial charge >= 0.3 is 5.69 Å². The fourth-order valence-electron chi connectivity index (χ4n) is 1.65. The third-order valence-corrected chi connectivity index (χ3v) is 3.13. The van der Waals surface area contributed by atoms with Crippen LogP contribution in [0.5, 0.6) is 0 Å². The maximum Gasteiger partial charge on any atom is 0.304 e. The smallest absolute Gasteiger partial charge is 0.304 e. The summed E-state index contributed by atoms with van der Waals surface area (Å²) in [5.74, 6) is -0.485. The molecule has 0 radical (unpaired) electrons. The van der Waals surface area contributed by atoms with Gasteiger partial charge in [0.2, 0.25) is 0 Å². The lowest BCUT2D eigenvalue weighted by atomic mass is 10.1. The van der Waals surface area contributed by atoms with Crippen LogP contribution in [0.1, 0.15) is 24.2 Å². The highest BCUT2D eigenvalue weighted by atomic mass is 16.6. The van der Waals surface area contributed by atoms with Crippen LogP contribution in [0, 0.1) is 10.1 Å². The van der Waals surface area contributed by atoms with Crippen LogP contribution in [0.3, 0.4) is 0 Å². The first-order valence-corrected chi connectivity index (χ1v) is 6.36. The maximum absolute atomic E-state index is 12.0. The lowest BCUT2D eigenvalue weighted by molar-refractivity contribution is -0.384. The predicted octanol–water partition coefficient (Wildman–Crippen LogP) is 1.25. The summed E-state index contributed by atoms with van der Waals surface area (Å²) in [7, 11) is 1.94. The number of amides is 1. The van der Waals surface area contributed by atoms with Crippen molar-refractivity contribution in [2.45, 2.75) is 19.9 Å². The van der Waals surface area contributed by atoms with Gasteiger partial charge in [-0.15, -0.1) is 0 Å². The normalized spacial score (nSPS) is 10.8. The van der Waals surface area contributed by atoms with Crippen LogP contribution in [0.25, 0.3) is 0 Å². The van der Waals surface area contributed by atoms with Gasteiger partial charge in [-0.2, -0.15) is 0 Å². The largest absolute Gasteiger partial charge is 0.393 e. The van der Waals surface area contributed by atoms with Gasteiger partial charge in [0, 0.05) is 19.1 Å². The summed E-state index contributed by atoms with van der Waals surface area (Å²) in [5, 5.41) is 13.6. The van der Waals surface area contributed by atoms with Gasteiger partial charge in [0.25, 0.3) is 5.91 Å². The molecule has 0 aliphatic heterocycles. The molecule has 7 heteroatoms. The van der Waals surface area contributed by atoms with E-state index in [9.17, 15) is 14.9 Å². The molecule has 1 aromatic rings. The van der Waals surface area contributed by atoms with Gasteiger partial charge in [0.05, 0.1) is 4.92 Å². The second-order valence-electron chi connectivity index (χ2n) is 4.83. The summed E-state index contributed by atoms with van der Waals surface area (Å²) in [6.07, 6.45) is 0. The van der Waals surface area contributed by atoms with Gasteiger partial charge in [-0.1, -0.05) is 6.07 Å². The SMILES string of the molecule is CC(C)N(C)CCNC(=O)c1cccc(N)c1[N+](=O)[O-]. The predicted molar refractivity (Wildman–Crippen MR) is 77.6 cm³/mol. The molecule has 0 saturated heterocycles. The number of rotatable bonds is 6. The average Bonchev–Trinajstić information content (AvgIpc) is 2.37. The standard InChI is InChI=1S/C13H20N4O3/c1-9(2)16(3)8-7-15-13(18)10-5-4-6-11(14)12(10)17(19)20/h4-6,9H,7-8,14H2,1-3H3,(H,15,18). The van der Waals surface area contributed by atoms with Crippen molar-refractivity contribution in [3.8, 4) is 0 Å². The van der Waals surface area contributed by atoms with E-state index in [1.165, 1.54) is 18.2 Å². The molecule has 0 bridgehead atoms. The zero-order valence-electron chi connectivity index (χ0n) is 11.9. The molecule has 7 nitrogen and oxygen atoms in total. The van der Waals surface area contributed by atoms with Crippen LogP contribution in [-0.4, -0.2) is 41.9 Å². The number of anilines is 1.